The van der Waals surface area contributed by atoms with Gasteiger partial charge in [0.1, 0.15) is 0 Å². The van der Waals surface area contributed by atoms with Crippen LogP contribution in [0.2, 0.25) is 0 Å². The maximum absolute atomic E-state index is 4.57. The SMILES string of the molecule is [CH2-]CCC.[CH2-]CCC.[CH2-]CCC.[CH2-]CCC.[Cl][Ru]. The van der Waals surface area contributed by atoms with Crippen molar-refractivity contribution in [1.82, 2.24) is 0 Å². The van der Waals surface area contributed by atoms with Crippen molar-refractivity contribution in [2.75, 3.05) is 0 Å². The molecule has 0 unspecified atom stereocenters. The number of hydrogen-bond acceptors (Lipinski definition) is 0. The first-order chi connectivity index (χ1) is 8.66. The van der Waals surface area contributed by atoms with E-state index in [4.69, 9.17) is 0 Å². The van der Waals surface area contributed by atoms with Gasteiger partial charge in [0, 0.05) is 0 Å². The van der Waals surface area contributed by atoms with Crippen molar-refractivity contribution in [3.05, 3.63) is 27.7 Å². The van der Waals surface area contributed by atoms with E-state index in [0.717, 1.165) is 25.7 Å². The first-order valence-electron chi connectivity index (χ1n) is 6.96. The summed E-state index contributed by atoms with van der Waals surface area (Å²) >= 11 is 1.82. The average molecular weight is 365 g/mol. The van der Waals surface area contributed by atoms with Crippen LogP contribution in [0.15, 0.2) is 0 Å². The van der Waals surface area contributed by atoms with Crippen LogP contribution in [-0.4, -0.2) is 0 Å². The Bertz CT molecular complexity index is 35.1. The molecule has 119 valence electrons. The Balaban J connectivity index is -0.0000000399. The monoisotopic (exact) mass is 365 g/mol. The van der Waals surface area contributed by atoms with Crippen LogP contribution in [0.25, 0.3) is 0 Å². The van der Waals surface area contributed by atoms with Gasteiger partial charge in [0.15, 0.2) is 0 Å². The van der Waals surface area contributed by atoms with Crippen molar-refractivity contribution in [1.29, 1.82) is 0 Å². The summed E-state index contributed by atoms with van der Waals surface area (Å²) in [5, 5.41) is 0. The van der Waals surface area contributed by atoms with Crippen molar-refractivity contribution in [3.63, 3.8) is 0 Å². The zero-order chi connectivity index (χ0) is 15.7. The van der Waals surface area contributed by atoms with Crippen molar-refractivity contribution in [3.8, 4) is 0 Å². The Morgan fingerprint density at radius 3 is 0.611 bits per heavy atom. The predicted octanol–water partition coefficient (Wildman–Crippen LogP) is 7.17. The Morgan fingerprint density at radius 2 is 0.611 bits per heavy atom. The van der Waals surface area contributed by atoms with Crippen LogP contribution >= 0.6 is 9.69 Å². The average Bonchev–Trinajstić information content (AvgIpc) is 2.49. The minimum absolute atomic E-state index is 1.07. The van der Waals surface area contributed by atoms with Gasteiger partial charge in [-0.1, -0.05) is 53.4 Å². The Kier molecular flexibility index (Phi) is 112. The molecule has 18 heavy (non-hydrogen) atoms. The summed E-state index contributed by atoms with van der Waals surface area (Å²) in [5.74, 6) is 0. The molecule has 0 aromatic rings. The molecule has 0 aliphatic rings. The third-order valence-corrected chi connectivity index (χ3v) is 1.41. The number of rotatable bonds is 4. The summed E-state index contributed by atoms with van der Waals surface area (Å²) < 4.78 is 0. The molecule has 0 aliphatic heterocycles. The van der Waals surface area contributed by atoms with E-state index in [1.807, 2.05) is 17.3 Å². The molecule has 0 heterocycles. The molecular formula is C16H36ClRu-4. The van der Waals surface area contributed by atoms with Crippen LogP contribution in [0.1, 0.15) is 79.1 Å². The van der Waals surface area contributed by atoms with Gasteiger partial charge in [0.05, 0.1) is 0 Å². The second-order valence-electron chi connectivity index (χ2n) is 3.41. The van der Waals surface area contributed by atoms with E-state index >= 15 is 0 Å². The maximum atomic E-state index is 4.57. The molecule has 0 saturated carbocycles. The fourth-order valence-electron chi connectivity index (χ4n) is 0. The molecule has 0 radical (unpaired) electrons. The summed E-state index contributed by atoms with van der Waals surface area (Å²) in [6, 6.07) is 0. The summed E-state index contributed by atoms with van der Waals surface area (Å²) in [5.41, 5.74) is 0. The number of hydrogen-bond donors (Lipinski definition) is 0. The third-order valence-electron chi connectivity index (χ3n) is 1.41. The van der Waals surface area contributed by atoms with Crippen LogP contribution in [0.3, 0.4) is 0 Å². The van der Waals surface area contributed by atoms with Gasteiger partial charge in [0.2, 0.25) is 0 Å². The zero-order valence-electron chi connectivity index (χ0n) is 13.2. The van der Waals surface area contributed by atoms with Crippen LogP contribution in [0.4, 0.5) is 0 Å². The van der Waals surface area contributed by atoms with Gasteiger partial charge in [-0.2, -0.15) is 25.7 Å². The van der Waals surface area contributed by atoms with Crippen molar-refractivity contribution >= 4 is 9.69 Å². The van der Waals surface area contributed by atoms with Crippen molar-refractivity contribution in [2.24, 2.45) is 0 Å². The molecular weight excluding hydrogens is 329 g/mol. The molecule has 0 nitrogen and oxygen atoms in total. The molecule has 0 spiro atoms. The Morgan fingerprint density at radius 1 is 0.556 bits per heavy atom. The van der Waals surface area contributed by atoms with Gasteiger partial charge in [-0.25, -0.2) is 0 Å². The minimum atomic E-state index is 1.07. The molecule has 0 aromatic carbocycles. The van der Waals surface area contributed by atoms with Crippen LogP contribution in [0.5, 0.6) is 0 Å². The summed E-state index contributed by atoms with van der Waals surface area (Å²) in [6.45, 7) is 22.9. The molecule has 0 atom stereocenters. The predicted molar refractivity (Wildman–Crippen MR) is 86.9 cm³/mol. The van der Waals surface area contributed by atoms with Gasteiger partial charge in [0.25, 0.3) is 0 Å². The quantitative estimate of drug-likeness (QED) is 0.366. The van der Waals surface area contributed by atoms with Crippen molar-refractivity contribution in [2.45, 2.75) is 79.1 Å². The normalized spacial score (nSPS) is 7.00. The van der Waals surface area contributed by atoms with E-state index < -0.39 is 0 Å². The van der Waals surface area contributed by atoms with Crippen molar-refractivity contribution < 1.29 is 17.3 Å². The van der Waals surface area contributed by atoms with E-state index in [9.17, 15) is 0 Å². The fourth-order valence-corrected chi connectivity index (χ4v) is 0. The second-order valence-corrected chi connectivity index (χ2v) is 3.41. The summed E-state index contributed by atoms with van der Waals surface area (Å²) in [6.07, 6.45) is 9.11. The first kappa shape index (κ1) is 31.4. The molecule has 0 rings (SSSR count). The van der Waals surface area contributed by atoms with E-state index in [1.165, 1.54) is 25.7 Å². The molecule has 0 amide bonds. The summed E-state index contributed by atoms with van der Waals surface area (Å²) in [7, 11) is 4.57. The molecule has 0 N–H and O–H groups in total. The Labute approximate surface area is 133 Å². The van der Waals surface area contributed by atoms with Gasteiger partial charge >= 0.3 is 27.0 Å². The van der Waals surface area contributed by atoms with Gasteiger partial charge < -0.3 is 27.7 Å². The molecule has 0 saturated heterocycles. The van der Waals surface area contributed by atoms with E-state index in [2.05, 4.69) is 65.1 Å². The number of halogens is 1. The second kappa shape index (κ2) is 64.5. The van der Waals surface area contributed by atoms with Gasteiger partial charge in [-0.15, -0.1) is 0 Å². The third kappa shape index (κ3) is 177. The molecule has 0 aromatic heterocycles. The standard InChI is InChI=1S/4C4H9.ClH.Ru/c4*1-3-4-2;;/h4*1,3-4H2,2H3;1H;/q4*-1;;+1/p-1. The van der Waals surface area contributed by atoms with E-state index in [0.29, 0.717) is 0 Å². The molecule has 0 bridgehead atoms. The summed E-state index contributed by atoms with van der Waals surface area (Å²) in [4.78, 5) is 0. The van der Waals surface area contributed by atoms with Crippen LogP contribution in [-0.2, 0) is 17.3 Å². The topological polar surface area (TPSA) is 0 Å². The molecule has 2 heteroatoms. The zero-order valence-corrected chi connectivity index (χ0v) is 15.7. The first-order valence-corrected chi connectivity index (χ1v) is 9.20. The van der Waals surface area contributed by atoms with E-state index in [-0.39, 0.29) is 0 Å². The molecule has 0 aliphatic carbocycles. The number of unbranched alkanes of at least 4 members (excludes halogenated alkanes) is 4. The van der Waals surface area contributed by atoms with Gasteiger partial charge in [-0.3, -0.25) is 0 Å². The Hall–Kier alpha value is 0.913. The molecule has 0 fully saturated rings. The van der Waals surface area contributed by atoms with E-state index in [1.54, 1.807) is 0 Å². The van der Waals surface area contributed by atoms with Gasteiger partial charge in [-0.05, 0) is 0 Å². The fraction of sp³-hybridized carbons (Fsp3) is 0.750. The van der Waals surface area contributed by atoms with Crippen LogP contribution < -0.4 is 0 Å². The van der Waals surface area contributed by atoms with Crippen LogP contribution in [0, 0.1) is 27.7 Å².